The van der Waals surface area contributed by atoms with E-state index in [-0.39, 0.29) is 5.97 Å². The first-order valence-corrected chi connectivity index (χ1v) is 8.31. The van der Waals surface area contributed by atoms with E-state index in [9.17, 15) is 4.79 Å². The molecule has 0 aliphatic heterocycles. The van der Waals surface area contributed by atoms with Crippen LogP contribution in [0.4, 0.5) is 0 Å². The molecule has 2 rings (SSSR count). The highest BCUT2D eigenvalue weighted by Gasteiger charge is 2.06. The Kier molecular flexibility index (Phi) is 6.88. The van der Waals surface area contributed by atoms with Crippen molar-refractivity contribution in [2.45, 2.75) is 13.5 Å². The molecule has 24 heavy (non-hydrogen) atoms. The van der Waals surface area contributed by atoms with E-state index in [4.69, 9.17) is 14.2 Å². The fourth-order valence-corrected chi connectivity index (χ4v) is 2.50. The van der Waals surface area contributed by atoms with Crippen LogP contribution in [0.15, 0.2) is 53.0 Å². The average molecular weight is 391 g/mol. The van der Waals surface area contributed by atoms with Crippen molar-refractivity contribution < 1.29 is 19.0 Å². The van der Waals surface area contributed by atoms with Crippen LogP contribution in [0, 0.1) is 0 Å². The van der Waals surface area contributed by atoms with E-state index in [0.29, 0.717) is 24.7 Å². The summed E-state index contributed by atoms with van der Waals surface area (Å²) in [5.74, 6) is 0.883. The lowest BCUT2D eigenvalue weighted by Crippen LogP contribution is -1.99. The predicted octanol–water partition coefficient (Wildman–Crippen LogP) is 4.61. The number of benzene rings is 2. The van der Waals surface area contributed by atoms with Gasteiger partial charge in [-0.3, -0.25) is 0 Å². The molecule has 0 N–H and O–H groups in total. The summed E-state index contributed by atoms with van der Waals surface area (Å²) in [6, 6.07) is 13.4. The fourth-order valence-electron chi connectivity index (χ4n) is 2.05. The summed E-state index contributed by atoms with van der Waals surface area (Å²) in [5, 5.41) is 0. The molecule has 0 aliphatic rings. The number of esters is 1. The molecule has 0 bridgehead atoms. The second-order valence-electron chi connectivity index (χ2n) is 4.91. The van der Waals surface area contributed by atoms with Crippen LogP contribution in [-0.4, -0.2) is 19.7 Å². The highest BCUT2D eigenvalue weighted by atomic mass is 79.9. The minimum Gasteiger partial charge on any atom is -0.493 e. The topological polar surface area (TPSA) is 44.8 Å². The third kappa shape index (κ3) is 5.42. The average Bonchev–Trinajstić information content (AvgIpc) is 2.58. The predicted molar refractivity (Wildman–Crippen MR) is 97.1 cm³/mol. The molecule has 2 aromatic carbocycles. The fraction of sp³-hybridized carbons (Fsp3) is 0.211. The smallest absolute Gasteiger partial charge is 0.330 e. The van der Waals surface area contributed by atoms with E-state index in [2.05, 4.69) is 15.9 Å². The Morgan fingerprint density at radius 3 is 2.71 bits per heavy atom. The zero-order chi connectivity index (χ0) is 17.4. The van der Waals surface area contributed by atoms with Crippen LogP contribution in [0.5, 0.6) is 11.5 Å². The molecule has 0 aliphatic carbocycles. The summed E-state index contributed by atoms with van der Waals surface area (Å²) < 4.78 is 17.1. The van der Waals surface area contributed by atoms with Gasteiger partial charge in [-0.1, -0.05) is 34.1 Å². The maximum Gasteiger partial charge on any atom is 0.330 e. The second-order valence-corrected chi connectivity index (χ2v) is 5.83. The van der Waals surface area contributed by atoms with E-state index in [1.54, 1.807) is 20.1 Å². The summed E-state index contributed by atoms with van der Waals surface area (Å²) in [6.07, 6.45) is 3.07. The third-order valence-corrected chi connectivity index (χ3v) is 3.66. The van der Waals surface area contributed by atoms with Crippen LogP contribution < -0.4 is 9.47 Å². The molecular formula is C19H19BrO4. The van der Waals surface area contributed by atoms with Gasteiger partial charge in [-0.05, 0) is 48.4 Å². The van der Waals surface area contributed by atoms with Gasteiger partial charge in [0.1, 0.15) is 6.61 Å². The Morgan fingerprint density at radius 1 is 1.17 bits per heavy atom. The SMILES string of the molecule is CCOC(=O)/C=C/c1ccc(OCc2cccc(Br)c2)c(OC)c1. The van der Waals surface area contributed by atoms with Crippen LogP contribution in [0.1, 0.15) is 18.1 Å². The first-order valence-electron chi connectivity index (χ1n) is 7.52. The van der Waals surface area contributed by atoms with Gasteiger partial charge in [0, 0.05) is 10.5 Å². The third-order valence-electron chi connectivity index (χ3n) is 3.17. The molecule has 0 fully saturated rings. The van der Waals surface area contributed by atoms with Crippen molar-refractivity contribution in [1.82, 2.24) is 0 Å². The molecular weight excluding hydrogens is 372 g/mol. The van der Waals surface area contributed by atoms with Crippen LogP contribution >= 0.6 is 15.9 Å². The van der Waals surface area contributed by atoms with Gasteiger partial charge in [0.15, 0.2) is 11.5 Å². The number of methoxy groups -OCH3 is 1. The van der Waals surface area contributed by atoms with Gasteiger partial charge in [0.2, 0.25) is 0 Å². The van der Waals surface area contributed by atoms with Gasteiger partial charge in [-0.15, -0.1) is 0 Å². The molecule has 0 saturated heterocycles. The minimum absolute atomic E-state index is 0.356. The van der Waals surface area contributed by atoms with Crippen LogP contribution in [0.25, 0.3) is 6.08 Å². The summed E-state index contributed by atoms with van der Waals surface area (Å²) in [7, 11) is 1.58. The number of hydrogen-bond donors (Lipinski definition) is 0. The van der Waals surface area contributed by atoms with Crippen LogP contribution in [-0.2, 0) is 16.1 Å². The Hall–Kier alpha value is -2.27. The van der Waals surface area contributed by atoms with Gasteiger partial charge in [0.25, 0.3) is 0 Å². The first kappa shape index (κ1) is 18.1. The number of ether oxygens (including phenoxy) is 3. The molecule has 0 unspecified atom stereocenters. The maximum absolute atomic E-state index is 11.4. The first-order chi connectivity index (χ1) is 11.6. The van der Waals surface area contributed by atoms with Gasteiger partial charge < -0.3 is 14.2 Å². The number of rotatable bonds is 7. The highest BCUT2D eigenvalue weighted by Crippen LogP contribution is 2.29. The molecule has 126 valence electrons. The monoisotopic (exact) mass is 390 g/mol. The maximum atomic E-state index is 11.4. The molecule has 0 saturated carbocycles. The highest BCUT2D eigenvalue weighted by molar-refractivity contribution is 9.10. The van der Waals surface area contributed by atoms with Crippen molar-refractivity contribution in [3.8, 4) is 11.5 Å². The lowest BCUT2D eigenvalue weighted by molar-refractivity contribution is -0.137. The number of halogens is 1. The zero-order valence-corrected chi connectivity index (χ0v) is 15.2. The van der Waals surface area contributed by atoms with Gasteiger partial charge in [-0.25, -0.2) is 4.79 Å². The molecule has 4 nitrogen and oxygen atoms in total. The Labute approximate surface area is 150 Å². The Balaban J connectivity index is 2.07. The van der Waals surface area contributed by atoms with Crippen molar-refractivity contribution >= 4 is 28.0 Å². The van der Waals surface area contributed by atoms with Crippen molar-refractivity contribution in [2.24, 2.45) is 0 Å². The largest absolute Gasteiger partial charge is 0.493 e. The molecule has 0 aromatic heterocycles. The molecule has 0 amide bonds. The molecule has 0 atom stereocenters. The number of hydrogen-bond acceptors (Lipinski definition) is 4. The normalized spacial score (nSPS) is 10.6. The molecule has 0 heterocycles. The van der Waals surface area contributed by atoms with Crippen molar-refractivity contribution in [2.75, 3.05) is 13.7 Å². The van der Waals surface area contributed by atoms with Crippen molar-refractivity contribution in [3.05, 3.63) is 64.1 Å². The minimum atomic E-state index is -0.369. The lowest BCUT2D eigenvalue weighted by atomic mass is 10.2. The lowest BCUT2D eigenvalue weighted by Gasteiger charge is -2.11. The van der Waals surface area contributed by atoms with Gasteiger partial charge in [0.05, 0.1) is 13.7 Å². The molecule has 2 aromatic rings. The van der Waals surface area contributed by atoms with Crippen molar-refractivity contribution in [3.63, 3.8) is 0 Å². The van der Waals surface area contributed by atoms with E-state index in [1.807, 2.05) is 42.5 Å². The summed E-state index contributed by atoms with van der Waals surface area (Å²) in [4.78, 5) is 11.4. The number of carbonyl (C=O) groups is 1. The van der Waals surface area contributed by atoms with Crippen LogP contribution in [0.2, 0.25) is 0 Å². The summed E-state index contributed by atoms with van der Waals surface area (Å²) in [5.41, 5.74) is 1.88. The van der Waals surface area contributed by atoms with E-state index in [1.165, 1.54) is 6.08 Å². The Morgan fingerprint density at radius 2 is 2.00 bits per heavy atom. The molecule has 5 heteroatoms. The molecule has 0 radical (unpaired) electrons. The van der Waals surface area contributed by atoms with Crippen molar-refractivity contribution in [1.29, 1.82) is 0 Å². The Bertz CT molecular complexity index is 725. The standard InChI is InChI=1S/C19H19BrO4/c1-3-23-19(21)10-8-14-7-9-17(18(12-14)22-2)24-13-15-5-4-6-16(20)11-15/h4-12H,3,13H2,1-2H3/b10-8+. The summed E-state index contributed by atoms with van der Waals surface area (Å²) in [6.45, 7) is 2.56. The van der Waals surface area contributed by atoms with E-state index < -0.39 is 0 Å². The van der Waals surface area contributed by atoms with E-state index in [0.717, 1.165) is 15.6 Å². The van der Waals surface area contributed by atoms with Gasteiger partial charge in [-0.2, -0.15) is 0 Å². The summed E-state index contributed by atoms with van der Waals surface area (Å²) >= 11 is 3.44. The van der Waals surface area contributed by atoms with Crippen LogP contribution in [0.3, 0.4) is 0 Å². The van der Waals surface area contributed by atoms with Gasteiger partial charge >= 0.3 is 5.97 Å². The molecule has 0 spiro atoms. The number of carbonyl (C=O) groups excluding carboxylic acids is 1. The quantitative estimate of drug-likeness (QED) is 0.511. The second kappa shape index (κ2) is 9.13. The van der Waals surface area contributed by atoms with E-state index >= 15 is 0 Å². The zero-order valence-electron chi connectivity index (χ0n) is 13.6.